The first-order valence-corrected chi connectivity index (χ1v) is 8.89. The van der Waals surface area contributed by atoms with Gasteiger partial charge < -0.3 is 15.7 Å². The van der Waals surface area contributed by atoms with Crippen molar-refractivity contribution in [2.24, 2.45) is 11.7 Å². The van der Waals surface area contributed by atoms with Crippen LogP contribution in [-0.2, 0) is 4.79 Å². The highest BCUT2D eigenvalue weighted by Crippen LogP contribution is 2.34. The number of hydrogen-bond donors (Lipinski definition) is 2. The minimum Gasteiger partial charge on any atom is -0.388 e. The summed E-state index contributed by atoms with van der Waals surface area (Å²) in [5, 5.41) is 11.2. The lowest BCUT2D eigenvalue weighted by molar-refractivity contribution is -0.138. The molecule has 0 unspecified atom stereocenters. The van der Waals surface area contributed by atoms with Crippen molar-refractivity contribution in [1.82, 2.24) is 4.90 Å². The van der Waals surface area contributed by atoms with E-state index >= 15 is 0 Å². The second-order valence-corrected chi connectivity index (χ2v) is 7.43. The van der Waals surface area contributed by atoms with Gasteiger partial charge >= 0.3 is 0 Å². The summed E-state index contributed by atoms with van der Waals surface area (Å²) in [5.41, 5.74) is 6.54. The quantitative estimate of drug-likeness (QED) is 0.892. The van der Waals surface area contributed by atoms with Gasteiger partial charge in [-0.1, -0.05) is 36.6 Å². The molecule has 1 aromatic carbocycles. The van der Waals surface area contributed by atoms with Crippen molar-refractivity contribution in [3.8, 4) is 0 Å². The van der Waals surface area contributed by atoms with Gasteiger partial charge in [0.05, 0.1) is 11.6 Å². The fourth-order valence-corrected chi connectivity index (χ4v) is 4.01. The first-order valence-electron chi connectivity index (χ1n) is 8.51. The summed E-state index contributed by atoms with van der Waals surface area (Å²) in [4.78, 5) is 14.5. The number of amides is 1. The third kappa shape index (κ3) is 3.54. The lowest BCUT2D eigenvalue weighted by Crippen LogP contribution is -2.55. The summed E-state index contributed by atoms with van der Waals surface area (Å²) in [5.74, 6) is 0.284. The van der Waals surface area contributed by atoms with Crippen LogP contribution in [0.4, 0.5) is 0 Å². The molecular formula is C18H25ClN2O2. The van der Waals surface area contributed by atoms with Crippen molar-refractivity contribution in [2.45, 2.75) is 50.2 Å². The largest absolute Gasteiger partial charge is 0.388 e. The van der Waals surface area contributed by atoms with E-state index in [-0.39, 0.29) is 11.8 Å². The van der Waals surface area contributed by atoms with Crippen LogP contribution in [-0.4, -0.2) is 34.5 Å². The molecule has 1 aliphatic heterocycles. The molecule has 1 amide bonds. The fraction of sp³-hybridized carbons (Fsp3) is 0.611. The van der Waals surface area contributed by atoms with Crippen LogP contribution in [0.2, 0.25) is 5.02 Å². The van der Waals surface area contributed by atoms with E-state index in [2.05, 4.69) is 0 Å². The fourth-order valence-electron chi connectivity index (χ4n) is 3.89. The number of carbonyl (C=O) groups is 1. The van der Waals surface area contributed by atoms with Crippen LogP contribution in [0.3, 0.4) is 0 Å². The molecule has 1 atom stereocenters. The molecule has 0 aromatic heterocycles. The smallest absolute Gasteiger partial charge is 0.242 e. The summed E-state index contributed by atoms with van der Waals surface area (Å²) in [6.45, 7) is 1.38. The number of halogens is 1. The summed E-state index contributed by atoms with van der Waals surface area (Å²) < 4.78 is 0. The van der Waals surface area contributed by atoms with Gasteiger partial charge in [-0.15, -0.1) is 0 Å². The molecule has 4 nitrogen and oxygen atoms in total. The van der Waals surface area contributed by atoms with Gasteiger partial charge in [-0.2, -0.15) is 0 Å². The Hall–Kier alpha value is -1.10. The van der Waals surface area contributed by atoms with Crippen molar-refractivity contribution >= 4 is 17.5 Å². The van der Waals surface area contributed by atoms with Gasteiger partial charge in [0.25, 0.3) is 0 Å². The maximum Gasteiger partial charge on any atom is 0.242 e. The summed E-state index contributed by atoms with van der Waals surface area (Å²) in [6, 6.07) is 7.35. The maximum atomic E-state index is 12.6. The molecule has 5 heteroatoms. The average molecular weight is 337 g/mol. The Morgan fingerprint density at radius 3 is 2.35 bits per heavy atom. The van der Waals surface area contributed by atoms with Crippen molar-refractivity contribution in [1.29, 1.82) is 0 Å². The van der Waals surface area contributed by atoms with E-state index in [0.717, 1.165) is 44.1 Å². The Kier molecular flexibility index (Phi) is 4.95. The maximum absolute atomic E-state index is 12.6. The third-order valence-electron chi connectivity index (χ3n) is 5.41. The van der Waals surface area contributed by atoms with Gasteiger partial charge in [0.15, 0.2) is 0 Å². The van der Waals surface area contributed by atoms with Gasteiger partial charge in [-0.25, -0.2) is 0 Å². The number of benzene rings is 1. The van der Waals surface area contributed by atoms with E-state index in [4.69, 9.17) is 17.3 Å². The Labute approximate surface area is 142 Å². The van der Waals surface area contributed by atoms with Crippen molar-refractivity contribution in [3.63, 3.8) is 0 Å². The summed E-state index contributed by atoms with van der Waals surface area (Å²) >= 11 is 5.89. The summed E-state index contributed by atoms with van der Waals surface area (Å²) in [6.07, 6.45) is 4.83. The Morgan fingerprint density at radius 1 is 1.22 bits per heavy atom. The number of aliphatic hydroxyl groups excluding tert-OH is 1. The number of hydrogen-bond acceptors (Lipinski definition) is 3. The van der Waals surface area contributed by atoms with Gasteiger partial charge in [0.2, 0.25) is 5.91 Å². The first-order chi connectivity index (χ1) is 11.0. The number of aliphatic hydroxyl groups is 1. The molecule has 0 bridgehead atoms. The Bertz CT molecular complexity index is 547. The molecule has 2 fully saturated rings. The number of rotatable bonds is 3. The van der Waals surface area contributed by atoms with E-state index in [9.17, 15) is 9.90 Å². The van der Waals surface area contributed by atoms with Crippen LogP contribution in [0, 0.1) is 5.92 Å². The third-order valence-corrected chi connectivity index (χ3v) is 5.66. The van der Waals surface area contributed by atoms with E-state index < -0.39 is 11.6 Å². The van der Waals surface area contributed by atoms with Crippen LogP contribution < -0.4 is 5.73 Å². The molecule has 1 heterocycles. The zero-order valence-corrected chi connectivity index (χ0v) is 14.1. The molecule has 0 spiro atoms. The molecule has 1 aromatic rings. The van der Waals surface area contributed by atoms with Crippen molar-refractivity contribution in [2.75, 3.05) is 13.1 Å². The average Bonchev–Trinajstić information content (AvgIpc) is 3.02. The second kappa shape index (κ2) is 6.80. The van der Waals surface area contributed by atoms with Crippen LogP contribution in [0.5, 0.6) is 0 Å². The number of carbonyl (C=O) groups excluding carboxylic acids is 1. The molecule has 1 saturated heterocycles. The van der Waals surface area contributed by atoms with E-state index in [1.807, 2.05) is 17.0 Å². The van der Waals surface area contributed by atoms with Crippen LogP contribution >= 0.6 is 11.6 Å². The topological polar surface area (TPSA) is 66.6 Å². The van der Waals surface area contributed by atoms with E-state index in [1.165, 1.54) is 0 Å². The SMILES string of the molecule is NC1(C(=O)N2CCC([C@@H](O)c3ccc(Cl)cc3)CC2)CCCC1. The van der Waals surface area contributed by atoms with Crippen LogP contribution in [0.25, 0.3) is 0 Å². The van der Waals surface area contributed by atoms with Crippen molar-refractivity contribution < 1.29 is 9.90 Å². The van der Waals surface area contributed by atoms with Gasteiger partial charge in [-0.05, 0) is 49.3 Å². The number of nitrogens with two attached hydrogens (primary N) is 1. The zero-order chi connectivity index (χ0) is 16.4. The number of likely N-dealkylation sites (tertiary alicyclic amines) is 1. The number of nitrogens with zero attached hydrogens (tertiary/aromatic N) is 1. The van der Waals surface area contributed by atoms with E-state index in [0.29, 0.717) is 18.1 Å². The predicted octanol–water partition coefficient (Wildman–Crippen LogP) is 2.88. The molecule has 2 aliphatic rings. The highest BCUT2D eigenvalue weighted by atomic mass is 35.5. The monoisotopic (exact) mass is 336 g/mol. The minimum atomic E-state index is -0.637. The Morgan fingerprint density at radius 2 is 1.78 bits per heavy atom. The van der Waals surface area contributed by atoms with Gasteiger partial charge in [0.1, 0.15) is 0 Å². The molecule has 3 N–H and O–H groups in total. The van der Waals surface area contributed by atoms with Crippen molar-refractivity contribution in [3.05, 3.63) is 34.9 Å². The zero-order valence-electron chi connectivity index (χ0n) is 13.4. The number of piperidine rings is 1. The lowest BCUT2D eigenvalue weighted by Gasteiger charge is -2.38. The molecule has 1 saturated carbocycles. The van der Waals surface area contributed by atoms with Gasteiger partial charge in [0, 0.05) is 18.1 Å². The Balaban J connectivity index is 1.57. The van der Waals surface area contributed by atoms with Gasteiger partial charge in [-0.3, -0.25) is 4.79 Å². The second-order valence-electron chi connectivity index (χ2n) is 6.99. The molecular weight excluding hydrogens is 312 g/mol. The highest BCUT2D eigenvalue weighted by Gasteiger charge is 2.41. The van der Waals surface area contributed by atoms with Crippen LogP contribution in [0.15, 0.2) is 24.3 Å². The molecule has 3 rings (SSSR count). The first kappa shape index (κ1) is 16.7. The normalized spacial score (nSPS) is 23.0. The molecule has 126 valence electrons. The molecule has 23 heavy (non-hydrogen) atoms. The molecule has 0 radical (unpaired) electrons. The predicted molar refractivity (Wildman–Crippen MR) is 91.1 cm³/mol. The minimum absolute atomic E-state index is 0.106. The molecule has 1 aliphatic carbocycles. The van der Waals surface area contributed by atoms with E-state index in [1.54, 1.807) is 12.1 Å². The summed E-state index contributed by atoms with van der Waals surface area (Å²) in [7, 11) is 0. The highest BCUT2D eigenvalue weighted by molar-refractivity contribution is 6.30. The standard InChI is InChI=1S/C18H25ClN2O2/c19-15-5-3-13(4-6-15)16(22)14-7-11-21(12-8-14)17(23)18(20)9-1-2-10-18/h3-6,14,16,22H,1-2,7-12,20H2/t16-/m0/s1. The van der Waals surface area contributed by atoms with Crippen LogP contribution in [0.1, 0.15) is 50.2 Å². The lowest BCUT2D eigenvalue weighted by atomic mass is 9.86.